The van der Waals surface area contributed by atoms with Crippen LogP contribution in [0.5, 0.6) is 5.75 Å². The third kappa shape index (κ3) is 3.07. The van der Waals surface area contributed by atoms with E-state index in [2.05, 4.69) is 0 Å². The van der Waals surface area contributed by atoms with E-state index in [1.54, 1.807) is 0 Å². The zero-order valence-corrected chi connectivity index (χ0v) is 14.6. The molecule has 2 aromatic carbocycles. The lowest BCUT2D eigenvalue weighted by Gasteiger charge is -2.15. The minimum Gasteiger partial charge on any atom is -0.491 e. The zero-order chi connectivity index (χ0) is 17.3. The largest absolute Gasteiger partial charge is 0.491 e. The predicted octanol–water partition coefficient (Wildman–Crippen LogP) is 4.79. The van der Waals surface area contributed by atoms with E-state index in [0.29, 0.717) is 17.6 Å². The molecule has 0 aliphatic carbocycles. The summed E-state index contributed by atoms with van der Waals surface area (Å²) in [6.45, 7) is 7.88. The summed E-state index contributed by atoms with van der Waals surface area (Å²) in [4.78, 5) is 12.5. The molecule has 0 spiro atoms. The number of hydrogen-bond donors (Lipinski definition) is 0. The van der Waals surface area contributed by atoms with Gasteiger partial charge in [-0.1, -0.05) is 30.3 Å². The van der Waals surface area contributed by atoms with Crippen molar-refractivity contribution in [2.24, 2.45) is 0 Å². The highest BCUT2D eigenvalue weighted by molar-refractivity contribution is 5.85. The van der Waals surface area contributed by atoms with Crippen LogP contribution in [0.2, 0.25) is 0 Å². The number of ether oxygens (including phenoxy) is 1. The first-order chi connectivity index (χ1) is 11.5. The fourth-order valence-electron chi connectivity index (χ4n) is 2.96. The Bertz CT molecular complexity index is 921. The lowest BCUT2D eigenvalue weighted by molar-refractivity contribution is 0.241. The second-order valence-electron chi connectivity index (χ2n) is 6.39. The van der Waals surface area contributed by atoms with Gasteiger partial charge >= 0.3 is 5.63 Å². The van der Waals surface area contributed by atoms with E-state index in [4.69, 9.17) is 9.15 Å². The molecule has 0 unspecified atom stereocenters. The first-order valence-corrected chi connectivity index (χ1v) is 8.24. The van der Waals surface area contributed by atoms with Gasteiger partial charge in [0.05, 0.1) is 6.10 Å². The molecule has 0 bridgehead atoms. The lowest BCUT2D eigenvalue weighted by atomic mass is 9.98. The quantitative estimate of drug-likeness (QED) is 0.648. The molecule has 0 saturated heterocycles. The Labute approximate surface area is 141 Å². The fraction of sp³-hybridized carbons (Fsp3) is 0.286. The third-order valence-corrected chi connectivity index (χ3v) is 4.24. The number of rotatable bonds is 4. The van der Waals surface area contributed by atoms with E-state index >= 15 is 0 Å². The summed E-state index contributed by atoms with van der Waals surface area (Å²) >= 11 is 0. The van der Waals surface area contributed by atoms with Gasteiger partial charge in [-0.25, -0.2) is 4.79 Å². The van der Waals surface area contributed by atoms with Gasteiger partial charge in [-0.2, -0.15) is 0 Å². The van der Waals surface area contributed by atoms with Crippen molar-refractivity contribution >= 4 is 11.0 Å². The number of benzene rings is 2. The maximum atomic E-state index is 12.5. The molecule has 3 heteroatoms. The predicted molar refractivity (Wildman–Crippen MR) is 97.0 cm³/mol. The van der Waals surface area contributed by atoms with Crippen LogP contribution in [0.25, 0.3) is 11.0 Å². The van der Waals surface area contributed by atoms with Gasteiger partial charge < -0.3 is 9.15 Å². The summed E-state index contributed by atoms with van der Waals surface area (Å²) < 4.78 is 11.5. The third-order valence-electron chi connectivity index (χ3n) is 4.24. The molecule has 0 radical (unpaired) electrons. The molecule has 1 aromatic heterocycles. The second kappa shape index (κ2) is 6.52. The standard InChI is InChI=1S/C21H22O3/c1-13(2)23-19-11-10-17-14(3)18(12-16-8-6-5-7-9-16)21(22)24-20(17)15(19)4/h5-11,13H,12H2,1-4H3. The van der Waals surface area contributed by atoms with Gasteiger partial charge in [0.25, 0.3) is 0 Å². The Hall–Kier alpha value is -2.55. The molecule has 3 rings (SSSR count). The molecular weight excluding hydrogens is 300 g/mol. The maximum Gasteiger partial charge on any atom is 0.340 e. The highest BCUT2D eigenvalue weighted by Crippen LogP contribution is 2.30. The van der Waals surface area contributed by atoms with E-state index in [1.165, 1.54) is 0 Å². The van der Waals surface area contributed by atoms with Crippen molar-refractivity contribution in [3.63, 3.8) is 0 Å². The average Bonchev–Trinajstić information content (AvgIpc) is 2.55. The second-order valence-corrected chi connectivity index (χ2v) is 6.39. The minimum atomic E-state index is -0.270. The highest BCUT2D eigenvalue weighted by atomic mass is 16.5. The molecule has 0 amide bonds. The topological polar surface area (TPSA) is 39.4 Å². The summed E-state index contributed by atoms with van der Waals surface area (Å²) in [5.41, 5.74) is 4.01. The Morgan fingerprint density at radius 3 is 2.38 bits per heavy atom. The summed E-state index contributed by atoms with van der Waals surface area (Å²) in [5.74, 6) is 0.760. The van der Waals surface area contributed by atoms with Crippen molar-refractivity contribution in [2.75, 3.05) is 0 Å². The Kier molecular flexibility index (Phi) is 4.43. The summed E-state index contributed by atoms with van der Waals surface area (Å²) in [5, 5.41) is 0.967. The normalized spacial score (nSPS) is 11.2. The fourth-order valence-corrected chi connectivity index (χ4v) is 2.96. The Balaban J connectivity index is 2.13. The average molecular weight is 322 g/mol. The molecule has 124 valence electrons. The van der Waals surface area contributed by atoms with Crippen LogP contribution in [0.3, 0.4) is 0 Å². The zero-order valence-electron chi connectivity index (χ0n) is 14.6. The smallest absolute Gasteiger partial charge is 0.340 e. The van der Waals surface area contributed by atoms with E-state index in [0.717, 1.165) is 27.8 Å². The van der Waals surface area contributed by atoms with Crippen LogP contribution >= 0.6 is 0 Å². The minimum absolute atomic E-state index is 0.0753. The summed E-state index contributed by atoms with van der Waals surface area (Å²) in [7, 11) is 0. The van der Waals surface area contributed by atoms with E-state index < -0.39 is 0 Å². The summed E-state index contributed by atoms with van der Waals surface area (Å²) in [6.07, 6.45) is 0.653. The lowest BCUT2D eigenvalue weighted by Crippen LogP contribution is -2.12. The maximum absolute atomic E-state index is 12.5. The molecular formula is C21H22O3. The van der Waals surface area contributed by atoms with Crippen LogP contribution in [0.15, 0.2) is 51.7 Å². The molecule has 0 aliphatic rings. The first kappa shape index (κ1) is 16.3. The van der Waals surface area contributed by atoms with Gasteiger partial charge in [0.2, 0.25) is 0 Å². The molecule has 0 aliphatic heterocycles. The highest BCUT2D eigenvalue weighted by Gasteiger charge is 2.16. The SMILES string of the molecule is Cc1c(Cc2ccccc2)c(=O)oc2c(C)c(OC(C)C)ccc12. The van der Waals surface area contributed by atoms with Crippen LogP contribution in [0, 0.1) is 13.8 Å². The van der Waals surface area contributed by atoms with Gasteiger partial charge in [0.15, 0.2) is 0 Å². The van der Waals surface area contributed by atoms with Crippen molar-refractivity contribution in [3.8, 4) is 5.75 Å². The van der Waals surface area contributed by atoms with Crippen molar-refractivity contribution in [3.05, 3.63) is 75.1 Å². The molecule has 24 heavy (non-hydrogen) atoms. The van der Waals surface area contributed by atoms with E-state index in [9.17, 15) is 4.79 Å². The number of hydrogen-bond acceptors (Lipinski definition) is 3. The van der Waals surface area contributed by atoms with Crippen LogP contribution in [-0.4, -0.2) is 6.10 Å². The van der Waals surface area contributed by atoms with Gasteiger partial charge in [0, 0.05) is 22.9 Å². The van der Waals surface area contributed by atoms with Gasteiger partial charge in [-0.15, -0.1) is 0 Å². The molecule has 3 nitrogen and oxygen atoms in total. The molecule has 0 N–H and O–H groups in total. The van der Waals surface area contributed by atoms with Crippen molar-refractivity contribution in [2.45, 2.75) is 40.2 Å². The van der Waals surface area contributed by atoms with Crippen molar-refractivity contribution < 1.29 is 9.15 Å². The van der Waals surface area contributed by atoms with Crippen molar-refractivity contribution in [1.82, 2.24) is 0 Å². The molecule has 0 atom stereocenters. The van der Waals surface area contributed by atoms with Crippen LogP contribution in [0.4, 0.5) is 0 Å². The molecule has 3 aromatic rings. The van der Waals surface area contributed by atoms with E-state index in [-0.39, 0.29) is 11.7 Å². The van der Waals surface area contributed by atoms with Gasteiger partial charge in [0.1, 0.15) is 11.3 Å². The van der Waals surface area contributed by atoms with Crippen LogP contribution < -0.4 is 10.4 Å². The van der Waals surface area contributed by atoms with E-state index in [1.807, 2.05) is 70.2 Å². The number of aryl methyl sites for hydroxylation is 2. The van der Waals surface area contributed by atoms with Gasteiger partial charge in [-0.3, -0.25) is 0 Å². The van der Waals surface area contributed by atoms with Crippen LogP contribution in [0.1, 0.15) is 36.1 Å². The van der Waals surface area contributed by atoms with Crippen LogP contribution in [-0.2, 0) is 6.42 Å². The summed E-state index contributed by atoms with van der Waals surface area (Å²) in [6, 6.07) is 13.9. The first-order valence-electron chi connectivity index (χ1n) is 8.24. The molecule has 0 fully saturated rings. The Morgan fingerprint density at radius 2 is 1.71 bits per heavy atom. The van der Waals surface area contributed by atoms with Crippen molar-refractivity contribution in [1.29, 1.82) is 0 Å². The molecule has 0 saturated carbocycles. The monoisotopic (exact) mass is 322 g/mol. The van der Waals surface area contributed by atoms with Gasteiger partial charge in [-0.05, 0) is 51.0 Å². The molecule has 1 heterocycles. The number of fused-ring (bicyclic) bond motifs is 1. The Morgan fingerprint density at radius 1 is 1.00 bits per heavy atom.